The zero-order chi connectivity index (χ0) is 16.9. The lowest BCUT2D eigenvalue weighted by atomic mass is 10.2. The number of aryl methyl sites for hydroxylation is 1. The predicted octanol–water partition coefficient (Wildman–Crippen LogP) is 1.55. The summed E-state index contributed by atoms with van der Waals surface area (Å²) in [6, 6.07) is 8.51. The number of benzene rings is 1. The van der Waals surface area contributed by atoms with Gasteiger partial charge in [-0.1, -0.05) is 18.2 Å². The number of nitrogens with zero attached hydrogens (tertiary/aromatic N) is 3. The molecule has 0 atom stereocenters. The van der Waals surface area contributed by atoms with Crippen LogP contribution in [0.2, 0.25) is 0 Å². The normalized spacial score (nSPS) is 10.4. The molecule has 0 unspecified atom stereocenters. The van der Waals surface area contributed by atoms with E-state index in [1.165, 1.54) is 0 Å². The lowest BCUT2D eigenvalue weighted by Crippen LogP contribution is -2.23. The van der Waals surface area contributed by atoms with Crippen LogP contribution in [-0.4, -0.2) is 27.0 Å². The Morgan fingerprint density at radius 3 is 2.62 bits per heavy atom. The summed E-state index contributed by atoms with van der Waals surface area (Å²) in [4.78, 5) is 27.8. The van der Waals surface area contributed by atoms with Gasteiger partial charge in [-0.15, -0.1) is 10.2 Å². The van der Waals surface area contributed by atoms with Crippen molar-refractivity contribution in [2.45, 2.75) is 13.5 Å². The Bertz CT molecular complexity index is 856. The van der Waals surface area contributed by atoms with E-state index in [9.17, 15) is 9.59 Å². The Labute approximate surface area is 136 Å². The average Bonchev–Trinajstić information content (AvgIpc) is 3.22. The van der Waals surface area contributed by atoms with Gasteiger partial charge in [0.1, 0.15) is 6.26 Å². The number of hydrogen-bond acceptors (Lipinski definition) is 7. The number of carbonyl (C=O) groups is 2. The van der Waals surface area contributed by atoms with Crippen LogP contribution in [0.5, 0.6) is 0 Å². The third-order valence-electron chi connectivity index (χ3n) is 2.96. The van der Waals surface area contributed by atoms with Gasteiger partial charge >= 0.3 is 6.01 Å². The van der Waals surface area contributed by atoms with Gasteiger partial charge in [0.25, 0.3) is 11.8 Å². The first-order chi connectivity index (χ1) is 11.6. The summed E-state index contributed by atoms with van der Waals surface area (Å²) in [6.45, 7) is 1.72. The molecule has 0 radical (unpaired) electrons. The molecule has 0 spiro atoms. The maximum Gasteiger partial charge on any atom is 0.302 e. The van der Waals surface area contributed by atoms with E-state index in [-0.39, 0.29) is 30.1 Å². The first kappa shape index (κ1) is 15.4. The maximum absolute atomic E-state index is 12.0. The molecule has 3 aromatic rings. The number of amides is 2. The fraction of sp³-hybridized carbons (Fsp3) is 0.133. The standard InChI is InChI=1S/C15H13N5O4/c1-9-19-20-12(24-9)7-16-14(22)11-8-23-15(17-11)18-13(21)10-5-3-2-4-6-10/h2-6,8H,7H2,1H3,(H,16,22)(H,17,18,21). The molecular weight excluding hydrogens is 314 g/mol. The van der Waals surface area contributed by atoms with Crippen LogP contribution < -0.4 is 10.6 Å². The summed E-state index contributed by atoms with van der Waals surface area (Å²) in [5.74, 6) is -0.186. The van der Waals surface area contributed by atoms with Crippen LogP contribution in [0.1, 0.15) is 32.6 Å². The molecule has 0 aliphatic heterocycles. The van der Waals surface area contributed by atoms with E-state index in [1.807, 2.05) is 0 Å². The Morgan fingerprint density at radius 1 is 1.12 bits per heavy atom. The van der Waals surface area contributed by atoms with Gasteiger partial charge in [0.05, 0.1) is 6.54 Å². The Morgan fingerprint density at radius 2 is 1.92 bits per heavy atom. The summed E-state index contributed by atoms with van der Waals surface area (Å²) in [5, 5.41) is 12.4. The molecule has 122 valence electrons. The molecule has 1 aromatic carbocycles. The van der Waals surface area contributed by atoms with Crippen molar-refractivity contribution in [3.63, 3.8) is 0 Å². The third kappa shape index (κ3) is 3.64. The lowest BCUT2D eigenvalue weighted by Gasteiger charge is -2.00. The van der Waals surface area contributed by atoms with E-state index in [0.717, 1.165) is 6.26 Å². The van der Waals surface area contributed by atoms with E-state index in [4.69, 9.17) is 8.83 Å². The number of oxazole rings is 1. The van der Waals surface area contributed by atoms with Gasteiger partial charge in [-0.3, -0.25) is 14.9 Å². The second-order valence-electron chi connectivity index (χ2n) is 4.76. The highest BCUT2D eigenvalue weighted by atomic mass is 16.4. The highest BCUT2D eigenvalue weighted by Crippen LogP contribution is 2.10. The summed E-state index contributed by atoms with van der Waals surface area (Å²) in [7, 11) is 0. The van der Waals surface area contributed by atoms with Gasteiger partial charge in [0, 0.05) is 12.5 Å². The van der Waals surface area contributed by atoms with Crippen LogP contribution in [0, 0.1) is 6.92 Å². The largest absolute Gasteiger partial charge is 0.431 e. The minimum Gasteiger partial charge on any atom is -0.431 e. The van der Waals surface area contributed by atoms with Crippen LogP contribution in [0.25, 0.3) is 0 Å². The number of nitrogens with one attached hydrogen (secondary N) is 2. The molecule has 0 saturated carbocycles. The number of aromatic nitrogens is 3. The van der Waals surface area contributed by atoms with Gasteiger partial charge in [0.2, 0.25) is 11.8 Å². The van der Waals surface area contributed by atoms with Crippen molar-refractivity contribution < 1.29 is 18.4 Å². The molecule has 2 aromatic heterocycles. The Hall–Kier alpha value is -3.49. The van der Waals surface area contributed by atoms with Gasteiger partial charge in [-0.05, 0) is 12.1 Å². The van der Waals surface area contributed by atoms with Crippen LogP contribution in [0.3, 0.4) is 0 Å². The summed E-state index contributed by atoms with van der Waals surface area (Å²) >= 11 is 0. The van der Waals surface area contributed by atoms with Crippen LogP contribution >= 0.6 is 0 Å². The van der Waals surface area contributed by atoms with Gasteiger partial charge in [0.15, 0.2) is 5.69 Å². The molecule has 2 amide bonds. The van der Waals surface area contributed by atoms with Crippen molar-refractivity contribution in [3.05, 3.63) is 59.6 Å². The molecule has 3 rings (SSSR count). The van der Waals surface area contributed by atoms with E-state index in [0.29, 0.717) is 11.5 Å². The third-order valence-corrected chi connectivity index (χ3v) is 2.96. The van der Waals surface area contributed by atoms with Crippen molar-refractivity contribution >= 4 is 17.8 Å². The molecular formula is C15H13N5O4. The summed E-state index contributed by atoms with van der Waals surface area (Å²) in [5.41, 5.74) is 0.475. The SMILES string of the molecule is Cc1nnc(CNC(=O)c2coc(NC(=O)c3ccccc3)n2)o1. The van der Waals surface area contributed by atoms with Gasteiger partial charge in [-0.2, -0.15) is 4.98 Å². The fourth-order valence-corrected chi connectivity index (χ4v) is 1.85. The number of anilines is 1. The molecule has 9 nitrogen and oxygen atoms in total. The monoisotopic (exact) mass is 327 g/mol. The predicted molar refractivity (Wildman–Crippen MR) is 81.1 cm³/mol. The molecule has 9 heteroatoms. The van der Waals surface area contributed by atoms with Gasteiger partial charge in [-0.25, -0.2) is 0 Å². The molecule has 2 N–H and O–H groups in total. The van der Waals surface area contributed by atoms with E-state index in [1.54, 1.807) is 37.3 Å². The first-order valence-corrected chi connectivity index (χ1v) is 7.01. The van der Waals surface area contributed by atoms with Crippen molar-refractivity contribution in [3.8, 4) is 0 Å². The molecule has 0 aliphatic rings. The Kier molecular flexibility index (Phi) is 4.32. The van der Waals surface area contributed by atoms with Crippen LogP contribution in [-0.2, 0) is 6.54 Å². The summed E-state index contributed by atoms with van der Waals surface area (Å²) in [6.07, 6.45) is 1.15. The van der Waals surface area contributed by atoms with E-state index in [2.05, 4.69) is 25.8 Å². The average molecular weight is 327 g/mol. The van der Waals surface area contributed by atoms with E-state index < -0.39 is 5.91 Å². The lowest BCUT2D eigenvalue weighted by molar-refractivity contribution is 0.0941. The topological polar surface area (TPSA) is 123 Å². The van der Waals surface area contributed by atoms with Crippen molar-refractivity contribution in [1.82, 2.24) is 20.5 Å². The fourth-order valence-electron chi connectivity index (χ4n) is 1.85. The molecule has 0 aliphatic carbocycles. The Balaban J connectivity index is 1.58. The maximum atomic E-state index is 12.0. The van der Waals surface area contributed by atoms with Crippen molar-refractivity contribution in [2.75, 3.05) is 5.32 Å². The minimum absolute atomic E-state index is 0.0228. The van der Waals surface area contributed by atoms with Crippen LogP contribution in [0.4, 0.5) is 6.01 Å². The number of carbonyl (C=O) groups excluding carboxylic acids is 2. The highest BCUT2D eigenvalue weighted by Gasteiger charge is 2.15. The quantitative estimate of drug-likeness (QED) is 0.728. The molecule has 0 bridgehead atoms. The number of rotatable bonds is 5. The molecule has 0 fully saturated rings. The van der Waals surface area contributed by atoms with E-state index >= 15 is 0 Å². The highest BCUT2D eigenvalue weighted by molar-refractivity contribution is 6.03. The number of hydrogen-bond donors (Lipinski definition) is 2. The second-order valence-corrected chi connectivity index (χ2v) is 4.76. The zero-order valence-corrected chi connectivity index (χ0v) is 12.6. The first-order valence-electron chi connectivity index (χ1n) is 7.01. The zero-order valence-electron chi connectivity index (χ0n) is 12.6. The van der Waals surface area contributed by atoms with Crippen LogP contribution in [0.15, 0.2) is 45.4 Å². The smallest absolute Gasteiger partial charge is 0.302 e. The molecule has 0 saturated heterocycles. The molecule has 2 heterocycles. The van der Waals surface area contributed by atoms with Crippen molar-refractivity contribution in [2.24, 2.45) is 0 Å². The molecule has 24 heavy (non-hydrogen) atoms. The summed E-state index contributed by atoms with van der Waals surface area (Å²) < 4.78 is 10.2. The van der Waals surface area contributed by atoms with Gasteiger partial charge < -0.3 is 14.2 Å². The minimum atomic E-state index is -0.491. The second kappa shape index (κ2) is 6.73. The van der Waals surface area contributed by atoms with Crippen molar-refractivity contribution in [1.29, 1.82) is 0 Å².